The second kappa shape index (κ2) is 6.78. The number of nitrogens with zero attached hydrogens (tertiary/aromatic N) is 3. The Balaban J connectivity index is 1.94. The molecule has 24 heavy (non-hydrogen) atoms. The minimum Gasteiger partial charge on any atom is -0.332 e. The molecule has 0 fully saturated rings. The van der Waals surface area contributed by atoms with Crippen LogP contribution in [0.3, 0.4) is 0 Å². The standard InChI is InChI=1S/C17H22N4O2S/c1-4-6-21-13-10-20(8-7-19(2)3)16(22)14(13)15(18-17(21)23)12-5-9-24-11-12/h4-5,9,11,15H,1,6-8,10H2,2-3H3,(H,18,23)/t15-/m1/s1. The first-order valence-electron chi connectivity index (χ1n) is 7.91. The van der Waals surface area contributed by atoms with E-state index in [1.165, 1.54) is 0 Å². The van der Waals surface area contributed by atoms with Gasteiger partial charge in [0.05, 0.1) is 23.9 Å². The number of amides is 3. The maximum Gasteiger partial charge on any atom is 0.322 e. The van der Waals surface area contributed by atoms with Crippen LogP contribution in [0.2, 0.25) is 0 Å². The largest absolute Gasteiger partial charge is 0.332 e. The topological polar surface area (TPSA) is 55.9 Å². The van der Waals surface area contributed by atoms with Crippen molar-refractivity contribution in [2.24, 2.45) is 0 Å². The monoisotopic (exact) mass is 346 g/mol. The van der Waals surface area contributed by atoms with Crippen molar-refractivity contribution in [2.45, 2.75) is 6.04 Å². The molecule has 1 atom stereocenters. The van der Waals surface area contributed by atoms with Crippen LogP contribution in [0.5, 0.6) is 0 Å². The quantitative estimate of drug-likeness (QED) is 0.797. The van der Waals surface area contributed by atoms with Gasteiger partial charge in [-0.2, -0.15) is 11.3 Å². The molecule has 1 aromatic rings. The van der Waals surface area contributed by atoms with Crippen LogP contribution in [0.4, 0.5) is 4.79 Å². The molecule has 3 amide bonds. The van der Waals surface area contributed by atoms with E-state index in [-0.39, 0.29) is 18.0 Å². The van der Waals surface area contributed by atoms with Gasteiger partial charge in [0.1, 0.15) is 0 Å². The molecule has 3 heterocycles. The molecule has 2 aliphatic rings. The molecule has 0 bridgehead atoms. The lowest BCUT2D eigenvalue weighted by molar-refractivity contribution is -0.125. The lowest BCUT2D eigenvalue weighted by atomic mass is 9.98. The highest BCUT2D eigenvalue weighted by atomic mass is 32.1. The molecule has 1 N–H and O–H groups in total. The van der Waals surface area contributed by atoms with Crippen LogP contribution in [-0.2, 0) is 4.79 Å². The van der Waals surface area contributed by atoms with Crippen molar-refractivity contribution in [3.05, 3.63) is 46.3 Å². The number of urea groups is 1. The van der Waals surface area contributed by atoms with Crippen LogP contribution in [0.25, 0.3) is 0 Å². The summed E-state index contributed by atoms with van der Waals surface area (Å²) < 4.78 is 0. The number of carbonyl (C=O) groups excluding carboxylic acids is 2. The first-order chi connectivity index (χ1) is 11.5. The molecule has 6 nitrogen and oxygen atoms in total. The first-order valence-corrected chi connectivity index (χ1v) is 8.85. The van der Waals surface area contributed by atoms with Gasteiger partial charge in [0.2, 0.25) is 0 Å². The summed E-state index contributed by atoms with van der Waals surface area (Å²) in [6, 6.07) is 1.42. The van der Waals surface area contributed by atoms with Gasteiger partial charge in [-0.05, 0) is 36.5 Å². The van der Waals surface area contributed by atoms with Crippen LogP contribution >= 0.6 is 11.3 Å². The summed E-state index contributed by atoms with van der Waals surface area (Å²) in [4.78, 5) is 31.0. The van der Waals surface area contributed by atoms with Crippen molar-refractivity contribution >= 4 is 23.3 Å². The van der Waals surface area contributed by atoms with Crippen molar-refractivity contribution in [1.29, 1.82) is 0 Å². The van der Waals surface area contributed by atoms with Gasteiger partial charge in [-0.25, -0.2) is 4.79 Å². The average molecular weight is 346 g/mol. The lowest BCUT2D eigenvalue weighted by Gasteiger charge is -2.32. The molecule has 128 valence electrons. The van der Waals surface area contributed by atoms with E-state index in [4.69, 9.17) is 0 Å². The van der Waals surface area contributed by atoms with E-state index in [2.05, 4.69) is 11.9 Å². The Labute approximate surface area is 146 Å². The van der Waals surface area contributed by atoms with Crippen molar-refractivity contribution in [1.82, 2.24) is 20.0 Å². The molecule has 0 aliphatic carbocycles. The second-order valence-corrected chi connectivity index (χ2v) is 7.01. The molecule has 2 aliphatic heterocycles. The first kappa shape index (κ1) is 16.7. The molecule has 0 radical (unpaired) electrons. The Kier molecular flexibility index (Phi) is 4.73. The summed E-state index contributed by atoms with van der Waals surface area (Å²) in [5, 5.41) is 6.91. The molecule has 0 unspecified atom stereocenters. The normalized spacial score (nSPS) is 20.7. The van der Waals surface area contributed by atoms with E-state index in [1.54, 1.807) is 22.3 Å². The Hall–Kier alpha value is -2.12. The summed E-state index contributed by atoms with van der Waals surface area (Å²) in [5.74, 6) is 0.0112. The van der Waals surface area contributed by atoms with E-state index >= 15 is 0 Å². The third kappa shape index (κ3) is 2.97. The van der Waals surface area contributed by atoms with E-state index in [0.717, 1.165) is 17.8 Å². The fourth-order valence-corrected chi connectivity index (χ4v) is 3.75. The zero-order valence-electron chi connectivity index (χ0n) is 14.0. The minimum atomic E-state index is -0.364. The number of hydrogen-bond donors (Lipinski definition) is 1. The number of thiophene rings is 1. The van der Waals surface area contributed by atoms with Crippen molar-refractivity contribution in [3.63, 3.8) is 0 Å². The van der Waals surface area contributed by atoms with Gasteiger partial charge in [-0.1, -0.05) is 6.08 Å². The van der Waals surface area contributed by atoms with Crippen LogP contribution in [0.1, 0.15) is 11.6 Å². The highest BCUT2D eigenvalue weighted by Crippen LogP contribution is 2.36. The average Bonchev–Trinajstić information content (AvgIpc) is 3.17. The zero-order chi connectivity index (χ0) is 17.3. The van der Waals surface area contributed by atoms with Gasteiger partial charge < -0.3 is 15.1 Å². The number of rotatable bonds is 6. The van der Waals surface area contributed by atoms with Crippen LogP contribution in [-0.4, -0.2) is 66.9 Å². The third-order valence-electron chi connectivity index (χ3n) is 4.30. The van der Waals surface area contributed by atoms with E-state index in [9.17, 15) is 9.59 Å². The summed E-state index contributed by atoms with van der Waals surface area (Å²) in [5.41, 5.74) is 2.45. The predicted octanol–water partition coefficient (Wildman–Crippen LogP) is 1.66. The van der Waals surface area contributed by atoms with Gasteiger partial charge in [-0.15, -0.1) is 6.58 Å². The molecule has 0 aromatic carbocycles. The smallest absolute Gasteiger partial charge is 0.322 e. The van der Waals surface area contributed by atoms with Crippen molar-refractivity contribution in [3.8, 4) is 0 Å². The van der Waals surface area contributed by atoms with Gasteiger partial charge >= 0.3 is 6.03 Å². The Morgan fingerprint density at radius 3 is 2.88 bits per heavy atom. The number of carbonyl (C=O) groups is 2. The maximum absolute atomic E-state index is 13.0. The molecule has 0 saturated carbocycles. The second-order valence-electron chi connectivity index (χ2n) is 6.23. The number of likely N-dealkylation sites (N-methyl/N-ethyl adjacent to an activating group) is 1. The molecular formula is C17H22N4O2S. The highest BCUT2D eigenvalue weighted by Gasteiger charge is 2.43. The zero-order valence-corrected chi connectivity index (χ0v) is 14.8. The highest BCUT2D eigenvalue weighted by molar-refractivity contribution is 7.08. The summed E-state index contributed by atoms with van der Waals surface area (Å²) in [6.45, 7) is 6.03. The number of nitrogens with one attached hydrogen (secondary N) is 1. The minimum absolute atomic E-state index is 0.0112. The molecule has 0 spiro atoms. The van der Waals surface area contributed by atoms with Crippen LogP contribution in [0, 0.1) is 0 Å². The Bertz CT molecular complexity index is 681. The van der Waals surface area contributed by atoms with E-state index in [1.807, 2.05) is 40.7 Å². The lowest BCUT2D eigenvalue weighted by Crippen LogP contribution is -2.47. The Morgan fingerprint density at radius 1 is 1.46 bits per heavy atom. The van der Waals surface area contributed by atoms with E-state index in [0.29, 0.717) is 25.2 Å². The predicted molar refractivity (Wildman–Crippen MR) is 94.7 cm³/mol. The van der Waals surface area contributed by atoms with Crippen molar-refractivity contribution < 1.29 is 9.59 Å². The number of hydrogen-bond acceptors (Lipinski definition) is 4. The third-order valence-corrected chi connectivity index (χ3v) is 5.00. The van der Waals surface area contributed by atoms with Gasteiger partial charge in [0.25, 0.3) is 5.91 Å². The van der Waals surface area contributed by atoms with Crippen molar-refractivity contribution in [2.75, 3.05) is 40.3 Å². The van der Waals surface area contributed by atoms with Crippen LogP contribution < -0.4 is 5.32 Å². The van der Waals surface area contributed by atoms with Gasteiger partial charge in [0.15, 0.2) is 0 Å². The molecular weight excluding hydrogens is 324 g/mol. The molecule has 3 rings (SSSR count). The summed E-state index contributed by atoms with van der Waals surface area (Å²) in [6.07, 6.45) is 1.68. The SMILES string of the molecule is C=CCN1C(=O)N[C@H](c2ccsc2)C2=C1CN(CCN(C)C)C2=O. The van der Waals surface area contributed by atoms with Gasteiger partial charge in [-0.3, -0.25) is 9.69 Å². The molecule has 7 heteroatoms. The molecule has 0 saturated heterocycles. The maximum atomic E-state index is 13.0. The Morgan fingerprint density at radius 2 is 2.25 bits per heavy atom. The summed E-state index contributed by atoms with van der Waals surface area (Å²) in [7, 11) is 3.97. The van der Waals surface area contributed by atoms with E-state index < -0.39 is 0 Å². The summed E-state index contributed by atoms with van der Waals surface area (Å²) >= 11 is 1.56. The van der Waals surface area contributed by atoms with Gasteiger partial charge in [0, 0.05) is 19.6 Å². The van der Waals surface area contributed by atoms with Crippen LogP contribution in [0.15, 0.2) is 40.8 Å². The fraction of sp³-hybridized carbons (Fsp3) is 0.412. The molecule has 1 aromatic heterocycles. The fourth-order valence-electron chi connectivity index (χ4n) is 3.06.